The van der Waals surface area contributed by atoms with Crippen LogP contribution in [0.25, 0.3) is 44.9 Å². The lowest BCUT2D eigenvalue weighted by molar-refractivity contribution is 0.436. The molecule has 0 amide bonds. The van der Waals surface area contributed by atoms with Crippen LogP contribution in [0.2, 0.25) is 0 Å². The van der Waals surface area contributed by atoms with Crippen LogP contribution < -0.4 is 0 Å². The smallest absolute Gasteiger partial charge is 0.230 e. The van der Waals surface area contributed by atoms with Crippen LogP contribution in [-0.4, -0.2) is 39.7 Å². The molecule has 0 aliphatic carbocycles. The molecular formula is C26H21FN4O3S. The Hall–Kier alpha value is -3.85. The average Bonchev–Trinajstić information content (AvgIpc) is 3.49. The Labute approximate surface area is 201 Å². The van der Waals surface area contributed by atoms with Gasteiger partial charge >= 0.3 is 0 Å². The number of benzene rings is 2. The molecule has 35 heavy (non-hydrogen) atoms. The third kappa shape index (κ3) is 4.12. The van der Waals surface area contributed by atoms with E-state index in [0.717, 1.165) is 5.56 Å². The summed E-state index contributed by atoms with van der Waals surface area (Å²) in [6.45, 7) is 0. The third-order valence-electron chi connectivity index (χ3n) is 6.31. The van der Waals surface area contributed by atoms with Crippen LogP contribution in [0.15, 0.2) is 77.6 Å². The van der Waals surface area contributed by atoms with Crippen LogP contribution in [0, 0.1) is 5.82 Å². The van der Waals surface area contributed by atoms with Crippen molar-refractivity contribution in [3.63, 3.8) is 0 Å². The van der Waals surface area contributed by atoms with E-state index in [1.54, 1.807) is 16.8 Å². The molecule has 1 aliphatic rings. The van der Waals surface area contributed by atoms with E-state index in [2.05, 4.69) is 9.97 Å². The van der Waals surface area contributed by atoms with Crippen molar-refractivity contribution in [3.8, 4) is 33.8 Å². The number of nitrogens with zero attached hydrogens (tertiary/aromatic N) is 4. The lowest BCUT2D eigenvalue weighted by Crippen LogP contribution is -2.27. The minimum Gasteiger partial charge on any atom is -0.438 e. The van der Waals surface area contributed by atoms with Crippen molar-refractivity contribution in [2.45, 2.75) is 18.9 Å². The van der Waals surface area contributed by atoms with Gasteiger partial charge in [-0.15, -0.1) is 0 Å². The molecule has 4 heterocycles. The van der Waals surface area contributed by atoms with Gasteiger partial charge in [0.2, 0.25) is 5.71 Å². The van der Waals surface area contributed by atoms with Crippen LogP contribution >= 0.6 is 0 Å². The number of furan rings is 1. The molecule has 3 aromatic heterocycles. The molecule has 0 spiro atoms. The first kappa shape index (κ1) is 21.7. The fourth-order valence-electron chi connectivity index (χ4n) is 4.60. The monoisotopic (exact) mass is 488 g/mol. The molecule has 1 aliphatic heterocycles. The zero-order valence-electron chi connectivity index (χ0n) is 18.6. The number of rotatable bonds is 4. The standard InChI is InChI=1S/C26H21FN4O3S/c27-19-10-8-18(9-11-19)24-22(14-31(30-24)20-7-4-12-35(32,33)15-20)25-21-13-23(17-5-2-1-3-6-17)34-26(21)29-16-28-25/h1-3,5-6,8-11,13-14,16,20H,4,7,12,15H2/t20-/m1/s1. The zero-order chi connectivity index (χ0) is 24.0. The number of hydrogen-bond donors (Lipinski definition) is 0. The van der Waals surface area contributed by atoms with Crippen LogP contribution in [0.4, 0.5) is 4.39 Å². The summed E-state index contributed by atoms with van der Waals surface area (Å²) < 4.78 is 46.0. The van der Waals surface area contributed by atoms with Crippen molar-refractivity contribution in [3.05, 3.63) is 79.0 Å². The number of aromatic nitrogens is 4. The number of fused-ring (bicyclic) bond motifs is 1. The summed E-state index contributed by atoms with van der Waals surface area (Å²) >= 11 is 0. The molecule has 9 heteroatoms. The van der Waals surface area contributed by atoms with E-state index < -0.39 is 9.84 Å². The third-order valence-corrected chi connectivity index (χ3v) is 8.11. The molecule has 0 saturated carbocycles. The van der Waals surface area contributed by atoms with E-state index in [1.165, 1.54) is 18.5 Å². The zero-order valence-corrected chi connectivity index (χ0v) is 19.5. The summed E-state index contributed by atoms with van der Waals surface area (Å²) in [5.74, 6) is 0.558. The summed E-state index contributed by atoms with van der Waals surface area (Å²) in [6, 6.07) is 17.4. The lowest BCUT2D eigenvalue weighted by Gasteiger charge is -2.22. The largest absolute Gasteiger partial charge is 0.438 e. The maximum absolute atomic E-state index is 13.7. The van der Waals surface area contributed by atoms with Crippen molar-refractivity contribution < 1.29 is 17.2 Å². The summed E-state index contributed by atoms with van der Waals surface area (Å²) in [6.07, 6.45) is 4.58. The Kier molecular flexibility index (Phi) is 5.21. The Balaban J connectivity index is 1.53. The number of sulfone groups is 1. The molecule has 6 rings (SSSR count). The first-order valence-corrected chi connectivity index (χ1v) is 13.1. The number of hydrogen-bond acceptors (Lipinski definition) is 6. The molecule has 5 aromatic rings. The van der Waals surface area contributed by atoms with Gasteiger partial charge in [-0.1, -0.05) is 30.3 Å². The second-order valence-corrected chi connectivity index (χ2v) is 10.9. The summed E-state index contributed by atoms with van der Waals surface area (Å²) in [4.78, 5) is 8.87. The second kappa shape index (κ2) is 8.42. The van der Waals surface area contributed by atoms with Gasteiger partial charge in [0.1, 0.15) is 23.6 Å². The maximum atomic E-state index is 13.7. The van der Waals surface area contributed by atoms with E-state index in [-0.39, 0.29) is 23.4 Å². The van der Waals surface area contributed by atoms with Gasteiger partial charge in [0, 0.05) is 22.9 Å². The van der Waals surface area contributed by atoms with Gasteiger partial charge in [-0.25, -0.2) is 22.8 Å². The highest BCUT2D eigenvalue weighted by Crippen LogP contribution is 2.38. The van der Waals surface area contributed by atoms with Crippen LogP contribution in [0.1, 0.15) is 18.9 Å². The van der Waals surface area contributed by atoms with E-state index in [9.17, 15) is 12.8 Å². The van der Waals surface area contributed by atoms with Gasteiger partial charge in [0.15, 0.2) is 9.84 Å². The first-order valence-electron chi connectivity index (χ1n) is 11.3. The van der Waals surface area contributed by atoms with Crippen molar-refractivity contribution in [2.24, 2.45) is 0 Å². The highest BCUT2D eigenvalue weighted by Gasteiger charge is 2.28. The fraction of sp³-hybridized carbons (Fsp3) is 0.192. The molecule has 0 N–H and O–H groups in total. The topological polar surface area (TPSA) is 90.9 Å². The molecular weight excluding hydrogens is 467 g/mol. The van der Waals surface area contributed by atoms with Crippen LogP contribution in [0.3, 0.4) is 0 Å². The summed E-state index contributed by atoms with van der Waals surface area (Å²) in [5, 5.41) is 5.50. The van der Waals surface area contributed by atoms with Crippen LogP contribution in [0.5, 0.6) is 0 Å². The molecule has 7 nitrogen and oxygen atoms in total. The minimum absolute atomic E-state index is 0.0417. The quantitative estimate of drug-likeness (QED) is 0.341. The molecule has 176 valence electrons. The van der Waals surface area contributed by atoms with E-state index in [0.29, 0.717) is 52.2 Å². The molecule has 1 saturated heterocycles. The Morgan fingerprint density at radius 1 is 0.971 bits per heavy atom. The van der Waals surface area contributed by atoms with Gasteiger partial charge in [0.05, 0.1) is 28.6 Å². The molecule has 1 fully saturated rings. The van der Waals surface area contributed by atoms with Crippen molar-refractivity contribution in [1.82, 2.24) is 19.7 Å². The Morgan fingerprint density at radius 3 is 2.54 bits per heavy atom. The molecule has 0 bridgehead atoms. The highest BCUT2D eigenvalue weighted by atomic mass is 32.2. The van der Waals surface area contributed by atoms with Crippen molar-refractivity contribution >= 4 is 20.9 Å². The number of halogens is 1. The van der Waals surface area contributed by atoms with Gasteiger partial charge in [-0.05, 0) is 43.2 Å². The highest BCUT2D eigenvalue weighted by molar-refractivity contribution is 7.91. The van der Waals surface area contributed by atoms with Gasteiger partial charge in [-0.3, -0.25) is 4.68 Å². The van der Waals surface area contributed by atoms with Gasteiger partial charge < -0.3 is 4.42 Å². The van der Waals surface area contributed by atoms with Crippen molar-refractivity contribution in [1.29, 1.82) is 0 Å². The molecule has 0 radical (unpaired) electrons. The Morgan fingerprint density at radius 2 is 1.77 bits per heavy atom. The molecule has 0 unspecified atom stereocenters. The van der Waals surface area contributed by atoms with Gasteiger partial charge in [0.25, 0.3) is 0 Å². The minimum atomic E-state index is -3.13. The van der Waals surface area contributed by atoms with Crippen LogP contribution in [-0.2, 0) is 9.84 Å². The normalized spacial score (nSPS) is 17.6. The Bertz CT molecular complexity index is 1630. The molecule has 1 atom stereocenters. The summed E-state index contributed by atoms with van der Waals surface area (Å²) in [7, 11) is -3.13. The SMILES string of the molecule is O=S1(=O)CCC[C@@H](n2cc(-c3ncnc4oc(-c5ccccc5)cc34)c(-c3ccc(F)cc3)n2)C1. The maximum Gasteiger partial charge on any atom is 0.230 e. The van der Waals surface area contributed by atoms with E-state index >= 15 is 0 Å². The van der Waals surface area contributed by atoms with E-state index in [1.807, 2.05) is 42.6 Å². The molecule has 2 aromatic carbocycles. The summed E-state index contributed by atoms with van der Waals surface area (Å²) in [5.41, 5.74) is 3.97. The van der Waals surface area contributed by atoms with E-state index in [4.69, 9.17) is 9.52 Å². The van der Waals surface area contributed by atoms with Gasteiger partial charge in [-0.2, -0.15) is 5.10 Å². The second-order valence-electron chi connectivity index (χ2n) is 8.71. The fourth-order valence-corrected chi connectivity index (χ4v) is 6.27. The first-order chi connectivity index (χ1) is 17.0. The van der Waals surface area contributed by atoms with Crippen molar-refractivity contribution in [2.75, 3.05) is 11.5 Å². The predicted molar refractivity (Wildman–Crippen MR) is 131 cm³/mol. The average molecular weight is 489 g/mol. The predicted octanol–water partition coefficient (Wildman–Crippen LogP) is 5.31. The lowest BCUT2D eigenvalue weighted by atomic mass is 10.0.